The van der Waals surface area contributed by atoms with Crippen LogP contribution in [0.1, 0.15) is 24.5 Å². The van der Waals surface area contributed by atoms with Gasteiger partial charge in [-0.15, -0.1) is 0 Å². The summed E-state index contributed by atoms with van der Waals surface area (Å²) in [5, 5.41) is 3.52. The van der Waals surface area contributed by atoms with Crippen molar-refractivity contribution in [1.29, 1.82) is 0 Å². The number of hydrogen-bond acceptors (Lipinski definition) is 2. The van der Waals surface area contributed by atoms with Gasteiger partial charge in [-0.3, -0.25) is 4.79 Å². The summed E-state index contributed by atoms with van der Waals surface area (Å²) >= 11 is 5.82. The molecule has 1 N–H and O–H groups in total. The SMILES string of the molecule is CCCc1ccc(OCCNC(=O)Cc2ccc(Cl)cc2)cc1. The van der Waals surface area contributed by atoms with Crippen LogP contribution in [0.4, 0.5) is 0 Å². The Balaban J connectivity index is 1.66. The van der Waals surface area contributed by atoms with E-state index in [1.807, 2.05) is 24.3 Å². The Morgan fingerprint density at radius 1 is 1.04 bits per heavy atom. The Morgan fingerprint density at radius 2 is 1.70 bits per heavy atom. The number of benzene rings is 2. The van der Waals surface area contributed by atoms with Gasteiger partial charge in [0.2, 0.25) is 5.91 Å². The lowest BCUT2D eigenvalue weighted by molar-refractivity contribution is -0.120. The van der Waals surface area contributed by atoms with Crippen molar-refractivity contribution in [1.82, 2.24) is 5.32 Å². The van der Waals surface area contributed by atoms with Crippen LogP contribution >= 0.6 is 11.6 Å². The zero-order valence-corrected chi connectivity index (χ0v) is 14.1. The molecule has 2 aromatic rings. The molecule has 0 aromatic heterocycles. The van der Waals surface area contributed by atoms with Crippen LogP contribution in [0, 0.1) is 0 Å². The van der Waals surface area contributed by atoms with Crippen LogP contribution in [-0.2, 0) is 17.6 Å². The summed E-state index contributed by atoms with van der Waals surface area (Å²) in [6.45, 7) is 3.11. The first-order chi connectivity index (χ1) is 11.2. The van der Waals surface area contributed by atoms with E-state index in [2.05, 4.69) is 24.4 Å². The first kappa shape index (κ1) is 17.4. The van der Waals surface area contributed by atoms with Gasteiger partial charge in [0.05, 0.1) is 13.0 Å². The number of carbonyl (C=O) groups excluding carboxylic acids is 1. The highest BCUT2D eigenvalue weighted by Crippen LogP contribution is 2.13. The minimum absolute atomic E-state index is 0.0192. The molecule has 0 radical (unpaired) electrons. The molecular weight excluding hydrogens is 310 g/mol. The van der Waals surface area contributed by atoms with Crippen LogP contribution in [-0.4, -0.2) is 19.1 Å². The lowest BCUT2D eigenvalue weighted by atomic mass is 10.1. The van der Waals surface area contributed by atoms with Crippen molar-refractivity contribution in [3.8, 4) is 5.75 Å². The van der Waals surface area contributed by atoms with E-state index in [1.54, 1.807) is 12.1 Å². The van der Waals surface area contributed by atoms with Crippen LogP contribution < -0.4 is 10.1 Å². The summed E-state index contributed by atoms with van der Waals surface area (Å²) < 4.78 is 5.62. The highest BCUT2D eigenvalue weighted by Gasteiger charge is 2.03. The minimum Gasteiger partial charge on any atom is -0.492 e. The lowest BCUT2D eigenvalue weighted by Gasteiger charge is -2.08. The van der Waals surface area contributed by atoms with Crippen LogP contribution in [0.25, 0.3) is 0 Å². The second-order valence-electron chi connectivity index (χ2n) is 5.40. The summed E-state index contributed by atoms with van der Waals surface area (Å²) in [7, 11) is 0. The van der Waals surface area contributed by atoms with Crippen LogP contribution in [0.15, 0.2) is 48.5 Å². The van der Waals surface area contributed by atoms with Gasteiger partial charge in [0.25, 0.3) is 0 Å². The molecule has 0 atom stereocenters. The molecule has 0 bridgehead atoms. The standard InChI is InChI=1S/C19H22ClNO2/c1-2-3-15-6-10-18(11-7-15)23-13-12-21-19(22)14-16-4-8-17(20)9-5-16/h4-11H,2-3,12-14H2,1H3,(H,21,22). The van der Waals surface area contributed by atoms with E-state index in [9.17, 15) is 4.79 Å². The maximum Gasteiger partial charge on any atom is 0.224 e. The third-order valence-corrected chi connectivity index (χ3v) is 3.68. The number of amides is 1. The van der Waals surface area contributed by atoms with Gasteiger partial charge < -0.3 is 10.1 Å². The molecule has 2 aromatic carbocycles. The Morgan fingerprint density at radius 3 is 2.35 bits per heavy atom. The minimum atomic E-state index is -0.0192. The molecule has 3 nitrogen and oxygen atoms in total. The summed E-state index contributed by atoms with van der Waals surface area (Å²) in [6, 6.07) is 15.4. The molecule has 0 saturated heterocycles. The average molecular weight is 332 g/mol. The molecule has 0 aliphatic rings. The maximum absolute atomic E-state index is 11.8. The first-order valence-electron chi connectivity index (χ1n) is 7.90. The van der Waals surface area contributed by atoms with Crippen LogP contribution in [0.5, 0.6) is 5.75 Å². The number of hydrogen-bond donors (Lipinski definition) is 1. The van der Waals surface area contributed by atoms with Gasteiger partial charge in [-0.2, -0.15) is 0 Å². The van der Waals surface area contributed by atoms with E-state index in [0.29, 0.717) is 24.6 Å². The van der Waals surface area contributed by atoms with Gasteiger partial charge in [-0.25, -0.2) is 0 Å². The maximum atomic E-state index is 11.8. The zero-order valence-electron chi connectivity index (χ0n) is 13.3. The largest absolute Gasteiger partial charge is 0.492 e. The Kier molecular flexibility index (Phi) is 6.95. The molecule has 0 aliphatic heterocycles. The van der Waals surface area contributed by atoms with E-state index in [4.69, 9.17) is 16.3 Å². The van der Waals surface area contributed by atoms with Crippen molar-refractivity contribution in [3.63, 3.8) is 0 Å². The summed E-state index contributed by atoms with van der Waals surface area (Å²) in [6.07, 6.45) is 2.57. The second-order valence-corrected chi connectivity index (χ2v) is 5.83. The van der Waals surface area contributed by atoms with Gasteiger partial charge in [-0.1, -0.05) is 49.2 Å². The van der Waals surface area contributed by atoms with Crippen molar-refractivity contribution in [2.24, 2.45) is 0 Å². The molecule has 0 aliphatic carbocycles. The number of nitrogens with one attached hydrogen (secondary N) is 1. The fourth-order valence-electron chi connectivity index (χ4n) is 2.25. The fraction of sp³-hybridized carbons (Fsp3) is 0.316. The predicted octanol–water partition coefficient (Wildman–Crippen LogP) is 4.03. The second kappa shape index (κ2) is 9.21. The molecule has 2 rings (SSSR count). The van der Waals surface area contributed by atoms with Crippen molar-refractivity contribution >= 4 is 17.5 Å². The van der Waals surface area contributed by atoms with E-state index in [0.717, 1.165) is 24.2 Å². The van der Waals surface area contributed by atoms with Crippen molar-refractivity contribution < 1.29 is 9.53 Å². The molecule has 0 spiro atoms. The van der Waals surface area contributed by atoms with E-state index in [1.165, 1.54) is 5.56 Å². The molecule has 122 valence electrons. The number of carbonyl (C=O) groups is 1. The van der Waals surface area contributed by atoms with Crippen LogP contribution in [0.2, 0.25) is 5.02 Å². The zero-order chi connectivity index (χ0) is 16.5. The van der Waals surface area contributed by atoms with E-state index < -0.39 is 0 Å². The normalized spacial score (nSPS) is 10.3. The quantitative estimate of drug-likeness (QED) is 0.742. The third-order valence-electron chi connectivity index (χ3n) is 3.43. The Hall–Kier alpha value is -2.00. The molecular formula is C19H22ClNO2. The van der Waals surface area contributed by atoms with Crippen molar-refractivity contribution in [3.05, 3.63) is 64.7 Å². The van der Waals surface area contributed by atoms with Gasteiger partial charge in [0.15, 0.2) is 0 Å². The smallest absolute Gasteiger partial charge is 0.224 e. The molecule has 23 heavy (non-hydrogen) atoms. The van der Waals surface area contributed by atoms with Crippen molar-refractivity contribution in [2.45, 2.75) is 26.2 Å². The highest BCUT2D eigenvalue weighted by atomic mass is 35.5. The van der Waals surface area contributed by atoms with Gasteiger partial charge >= 0.3 is 0 Å². The molecule has 0 fully saturated rings. The van der Waals surface area contributed by atoms with E-state index in [-0.39, 0.29) is 5.91 Å². The molecule has 0 saturated carbocycles. The van der Waals surface area contributed by atoms with Gasteiger partial charge in [-0.05, 0) is 41.8 Å². The Labute approximate surface area is 142 Å². The fourth-order valence-corrected chi connectivity index (χ4v) is 2.38. The molecule has 0 heterocycles. The molecule has 1 amide bonds. The topological polar surface area (TPSA) is 38.3 Å². The Bertz CT molecular complexity index is 608. The number of aryl methyl sites for hydroxylation is 1. The highest BCUT2D eigenvalue weighted by molar-refractivity contribution is 6.30. The first-order valence-corrected chi connectivity index (χ1v) is 8.28. The van der Waals surface area contributed by atoms with Crippen LogP contribution in [0.3, 0.4) is 0 Å². The third kappa shape index (κ3) is 6.33. The van der Waals surface area contributed by atoms with Gasteiger partial charge in [0, 0.05) is 5.02 Å². The summed E-state index contributed by atoms with van der Waals surface area (Å²) in [5.74, 6) is 0.811. The number of ether oxygens (including phenoxy) is 1. The number of rotatable bonds is 8. The monoisotopic (exact) mass is 331 g/mol. The van der Waals surface area contributed by atoms with E-state index >= 15 is 0 Å². The molecule has 4 heteroatoms. The molecule has 0 unspecified atom stereocenters. The van der Waals surface area contributed by atoms with Gasteiger partial charge in [0.1, 0.15) is 12.4 Å². The average Bonchev–Trinajstić information content (AvgIpc) is 2.55. The summed E-state index contributed by atoms with van der Waals surface area (Å²) in [4.78, 5) is 11.8. The number of halogens is 1. The van der Waals surface area contributed by atoms with Crippen molar-refractivity contribution in [2.75, 3.05) is 13.2 Å². The predicted molar refractivity (Wildman–Crippen MR) is 94.1 cm³/mol. The summed E-state index contributed by atoms with van der Waals surface area (Å²) in [5.41, 5.74) is 2.26. The lowest BCUT2D eigenvalue weighted by Crippen LogP contribution is -2.29.